The molecule has 1 aliphatic carbocycles. The van der Waals surface area contributed by atoms with Crippen molar-refractivity contribution in [1.29, 1.82) is 0 Å². The summed E-state index contributed by atoms with van der Waals surface area (Å²) in [5, 5.41) is 0. The molecule has 1 aromatic heterocycles. The Kier molecular flexibility index (Phi) is 4.02. The predicted octanol–water partition coefficient (Wildman–Crippen LogP) is 4.25. The molecule has 88 valence electrons. The maximum Gasteiger partial charge on any atom is 0.220 e. The molecule has 7 heteroatoms. The number of aromatic nitrogens is 1. The third kappa shape index (κ3) is 2.22. The maximum atomic E-state index is 12.1. The number of allylic oxidation sites excluding steroid dienone is 2. The normalized spacial score (nSPS) is 15.6. The van der Waals surface area contributed by atoms with Crippen LogP contribution < -0.4 is 0 Å². The molecule has 0 bridgehead atoms. The van der Waals surface area contributed by atoms with Crippen LogP contribution in [0.2, 0.25) is 0 Å². The van der Waals surface area contributed by atoms with Gasteiger partial charge in [-0.2, -0.15) is 0 Å². The minimum Gasteiger partial charge on any atom is -0.288 e. The molecule has 0 aliphatic heterocycles. The van der Waals surface area contributed by atoms with Gasteiger partial charge in [0.1, 0.15) is 5.69 Å². The largest absolute Gasteiger partial charge is 0.288 e. The van der Waals surface area contributed by atoms with Crippen LogP contribution in [0.25, 0.3) is 0 Å². The van der Waals surface area contributed by atoms with Crippen molar-refractivity contribution < 1.29 is 9.59 Å². The van der Waals surface area contributed by atoms with Crippen molar-refractivity contribution in [3.8, 4) is 0 Å². The molecule has 1 aliphatic rings. The highest BCUT2D eigenvalue weighted by molar-refractivity contribution is 9.24. The van der Waals surface area contributed by atoms with Crippen molar-refractivity contribution in [3.05, 3.63) is 38.0 Å². The molecule has 0 amide bonds. The minimum atomic E-state index is -0.297. The summed E-state index contributed by atoms with van der Waals surface area (Å²) < 4.78 is 0.228. The van der Waals surface area contributed by atoms with E-state index in [1.54, 1.807) is 6.07 Å². The Hall–Kier alpha value is 0.150. The van der Waals surface area contributed by atoms with Gasteiger partial charge in [0.2, 0.25) is 11.6 Å². The van der Waals surface area contributed by atoms with Crippen LogP contribution in [-0.4, -0.2) is 16.6 Å². The fourth-order valence-corrected chi connectivity index (χ4v) is 2.99. The zero-order chi connectivity index (χ0) is 12.7. The van der Waals surface area contributed by atoms with Crippen molar-refractivity contribution in [2.24, 2.45) is 0 Å². The lowest BCUT2D eigenvalue weighted by atomic mass is 9.96. The summed E-state index contributed by atoms with van der Waals surface area (Å²) >= 11 is 12.9. The SMILES string of the molecule is O=C1C(Br)=C(Br)C(=O)c2c(C(Br)Br)ccnc21. The first kappa shape index (κ1) is 13.6. The first-order valence-electron chi connectivity index (χ1n) is 4.37. The molecule has 1 aromatic rings. The topological polar surface area (TPSA) is 47.0 Å². The number of alkyl halides is 2. The van der Waals surface area contributed by atoms with Gasteiger partial charge in [0, 0.05) is 6.20 Å². The second-order valence-electron chi connectivity index (χ2n) is 3.21. The molecule has 0 atom stereocenters. The van der Waals surface area contributed by atoms with Crippen LogP contribution in [-0.2, 0) is 0 Å². The van der Waals surface area contributed by atoms with Crippen LogP contribution in [0.3, 0.4) is 0 Å². The number of fused-ring (bicyclic) bond motifs is 1. The van der Waals surface area contributed by atoms with Crippen molar-refractivity contribution in [3.63, 3.8) is 0 Å². The predicted molar refractivity (Wildman–Crippen MR) is 78.4 cm³/mol. The van der Waals surface area contributed by atoms with Gasteiger partial charge in [-0.15, -0.1) is 0 Å². The maximum absolute atomic E-state index is 12.1. The molecule has 0 saturated carbocycles. The number of Topliss-reactive ketones (excluding diaryl/α,β-unsaturated/α-hetero) is 2. The van der Waals surface area contributed by atoms with Gasteiger partial charge < -0.3 is 0 Å². The summed E-state index contributed by atoms with van der Waals surface area (Å²) in [5.74, 6) is -0.549. The number of pyridine rings is 1. The third-order valence-electron chi connectivity index (χ3n) is 2.25. The molecule has 17 heavy (non-hydrogen) atoms. The fourth-order valence-electron chi connectivity index (χ4n) is 1.48. The average Bonchev–Trinajstić information content (AvgIpc) is 2.32. The second kappa shape index (κ2) is 5.03. The summed E-state index contributed by atoms with van der Waals surface area (Å²) in [7, 11) is 0. The highest BCUT2D eigenvalue weighted by Gasteiger charge is 2.33. The molecule has 2 rings (SSSR count). The standard InChI is InChI=1S/C10H3Br4NO2/c11-5-6(12)9(17)7-4(8(5)16)3(10(13)14)1-2-15-7/h1-2,10H. The number of hydrogen-bond acceptors (Lipinski definition) is 3. The van der Waals surface area contributed by atoms with E-state index in [-0.39, 0.29) is 30.0 Å². The van der Waals surface area contributed by atoms with Gasteiger partial charge in [-0.05, 0) is 43.5 Å². The highest BCUT2D eigenvalue weighted by Crippen LogP contribution is 2.38. The fraction of sp³-hybridized carbons (Fsp3) is 0.100. The first-order valence-corrected chi connectivity index (χ1v) is 7.78. The number of carbonyl (C=O) groups is 2. The third-order valence-corrected chi connectivity index (χ3v) is 5.28. The van der Waals surface area contributed by atoms with Crippen LogP contribution in [0, 0.1) is 0 Å². The van der Waals surface area contributed by atoms with E-state index in [0.29, 0.717) is 11.1 Å². The molecular formula is C10H3Br4NO2. The molecule has 0 spiro atoms. The number of halogens is 4. The van der Waals surface area contributed by atoms with Crippen LogP contribution in [0.4, 0.5) is 0 Å². The van der Waals surface area contributed by atoms with Gasteiger partial charge in [0.15, 0.2) is 0 Å². The van der Waals surface area contributed by atoms with E-state index in [9.17, 15) is 9.59 Å². The number of ketones is 2. The van der Waals surface area contributed by atoms with Gasteiger partial charge in [0.05, 0.1) is 18.3 Å². The van der Waals surface area contributed by atoms with E-state index in [1.807, 2.05) is 0 Å². The Labute approximate surface area is 131 Å². The quantitative estimate of drug-likeness (QED) is 0.555. The molecule has 3 nitrogen and oxygen atoms in total. The summed E-state index contributed by atoms with van der Waals surface area (Å²) in [6.07, 6.45) is 1.51. The van der Waals surface area contributed by atoms with Gasteiger partial charge in [-0.1, -0.05) is 31.9 Å². The Balaban J connectivity index is 2.76. The van der Waals surface area contributed by atoms with Gasteiger partial charge in [-0.25, -0.2) is 0 Å². The Morgan fingerprint density at radius 3 is 2.24 bits per heavy atom. The molecule has 0 radical (unpaired) electrons. The van der Waals surface area contributed by atoms with Crippen LogP contribution in [0.15, 0.2) is 21.2 Å². The van der Waals surface area contributed by atoms with E-state index in [0.717, 1.165) is 0 Å². The molecular weight excluding hydrogens is 486 g/mol. The average molecular weight is 489 g/mol. The van der Waals surface area contributed by atoms with Crippen molar-refractivity contribution in [2.45, 2.75) is 3.74 Å². The highest BCUT2D eigenvalue weighted by atomic mass is 79.9. The Bertz CT molecular complexity index is 565. The molecule has 0 N–H and O–H groups in total. The van der Waals surface area contributed by atoms with Gasteiger partial charge in [0.25, 0.3) is 0 Å². The molecule has 1 heterocycles. The second-order valence-corrected chi connectivity index (χ2v) is 7.86. The first-order chi connectivity index (χ1) is 7.95. The molecule has 0 aromatic carbocycles. The number of hydrogen-bond donors (Lipinski definition) is 0. The summed E-state index contributed by atoms with van der Waals surface area (Å²) in [6.45, 7) is 0. The van der Waals surface area contributed by atoms with Crippen molar-refractivity contribution in [2.75, 3.05) is 0 Å². The lowest BCUT2D eigenvalue weighted by Crippen LogP contribution is -2.21. The monoisotopic (exact) mass is 485 g/mol. The van der Waals surface area contributed by atoms with Gasteiger partial charge >= 0.3 is 0 Å². The number of rotatable bonds is 1. The van der Waals surface area contributed by atoms with E-state index in [2.05, 4.69) is 68.7 Å². The van der Waals surface area contributed by atoms with E-state index >= 15 is 0 Å². The van der Waals surface area contributed by atoms with Crippen LogP contribution in [0.5, 0.6) is 0 Å². The zero-order valence-corrected chi connectivity index (χ0v) is 14.4. The Morgan fingerprint density at radius 2 is 1.65 bits per heavy atom. The smallest absolute Gasteiger partial charge is 0.220 e. The van der Waals surface area contributed by atoms with E-state index < -0.39 is 0 Å². The molecule has 0 unspecified atom stereocenters. The summed E-state index contributed by atoms with van der Waals surface area (Å²) in [6, 6.07) is 1.69. The summed E-state index contributed by atoms with van der Waals surface area (Å²) in [5.41, 5.74) is 1.18. The van der Waals surface area contributed by atoms with Crippen LogP contribution in [0.1, 0.15) is 30.1 Å². The minimum absolute atomic E-state index is 0.173. The lowest BCUT2D eigenvalue weighted by Gasteiger charge is -2.17. The molecule has 0 saturated heterocycles. The molecule has 0 fully saturated rings. The van der Waals surface area contributed by atoms with Crippen molar-refractivity contribution >= 4 is 75.3 Å². The van der Waals surface area contributed by atoms with E-state index in [1.165, 1.54) is 6.20 Å². The van der Waals surface area contributed by atoms with Crippen LogP contribution >= 0.6 is 63.7 Å². The number of nitrogens with zero attached hydrogens (tertiary/aromatic N) is 1. The zero-order valence-electron chi connectivity index (χ0n) is 8.01. The number of carbonyl (C=O) groups excluding carboxylic acids is 2. The van der Waals surface area contributed by atoms with E-state index in [4.69, 9.17) is 0 Å². The van der Waals surface area contributed by atoms with Gasteiger partial charge in [-0.3, -0.25) is 14.6 Å². The lowest BCUT2D eigenvalue weighted by molar-refractivity contribution is 0.0985. The summed E-state index contributed by atoms with van der Waals surface area (Å²) in [4.78, 5) is 28.1. The Morgan fingerprint density at radius 1 is 1.06 bits per heavy atom. The van der Waals surface area contributed by atoms with Crippen molar-refractivity contribution in [1.82, 2.24) is 4.98 Å².